The molecule has 0 aliphatic heterocycles. The molecule has 0 atom stereocenters. The topological polar surface area (TPSA) is 92.5 Å². The van der Waals surface area contributed by atoms with Crippen LogP contribution in [0.15, 0.2) is 18.2 Å². The van der Waals surface area contributed by atoms with E-state index in [1.807, 2.05) is 0 Å². The van der Waals surface area contributed by atoms with Gasteiger partial charge in [0.25, 0.3) is 5.69 Å². The van der Waals surface area contributed by atoms with Crippen LogP contribution >= 0.6 is 0 Å². The minimum absolute atomic E-state index is 0.260. The van der Waals surface area contributed by atoms with Crippen molar-refractivity contribution in [1.82, 2.24) is 0 Å². The largest absolute Gasteiger partial charge is 0.465 e. The number of nitrogens with zero attached hydrogens (tertiary/aromatic N) is 1. The van der Waals surface area contributed by atoms with E-state index in [0.29, 0.717) is 6.07 Å². The molecule has 0 radical (unpaired) electrons. The van der Waals surface area contributed by atoms with Gasteiger partial charge in [0.2, 0.25) is 0 Å². The molecular formula is C7H5FN2O4. The fourth-order valence-corrected chi connectivity index (χ4v) is 0.877. The summed E-state index contributed by atoms with van der Waals surface area (Å²) in [7, 11) is 0. The van der Waals surface area contributed by atoms with E-state index in [-0.39, 0.29) is 5.69 Å². The highest BCUT2D eigenvalue weighted by Gasteiger charge is 2.16. The van der Waals surface area contributed by atoms with E-state index in [4.69, 9.17) is 5.11 Å². The lowest BCUT2D eigenvalue weighted by atomic mass is 10.2. The number of hydrogen-bond acceptors (Lipinski definition) is 3. The number of nitrogens with one attached hydrogen (secondary N) is 1. The average Bonchev–Trinajstić information content (AvgIpc) is 2.07. The van der Waals surface area contributed by atoms with E-state index in [1.54, 1.807) is 5.32 Å². The maximum atomic E-state index is 12.6. The Hall–Kier alpha value is -2.18. The molecule has 0 heterocycles. The molecule has 0 aromatic heterocycles. The summed E-state index contributed by atoms with van der Waals surface area (Å²) in [6.45, 7) is 0. The fraction of sp³-hybridized carbons (Fsp3) is 0. The van der Waals surface area contributed by atoms with Crippen LogP contribution in [0.2, 0.25) is 0 Å². The summed E-state index contributed by atoms with van der Waals surface area (Å²) in [5.41, 5.74) is -0.878. The maximum absolute atomic E-state index is 12.6. The Morgan fingerprint density at radius 2 is 2.21 bits per heavy atom. The molecule has 0 fully saturated rings. The van der Waals surface area contributed by atoms with E-state index in [9.17, 15) is 19.3 Å². The summed E-state index contributed by atoms with van der Waals surface area (Å²) < 4.78 is 12.6. The predicted molar refractivity (Wildman–Crippen MR) is 44.7 cm³/mol. The third-order valence-electron chi connectivity index (χ3n) is 1.40. The van der Waals surface area contributed by atoms with E-state index in [1.165, 1.54) is 0 Å². The van der Waals surface area contributed by atoms with Crippen LogP contribution < -0.4 is 5.32 Å². The van der Waals surface area contributed by atoms with Crippen molar-refractivity contribution in [1.29, 1.82) is 0 Å². The number of hydrogen-bond donors (Lipinski definition) is 2. The van der Waals surface area contributed by atoms with E-state index in [2.05, 4.69) is 0 Å². The second-order valence-electron chi connectivity index (χ2n) is 2.35. The highest BCUT2D eigenvalue weighted by molar-refractivity contribution is 5.86. The number of halogens is 1. The quantitative estimate of drug-likeness (QED) is 0.562. The third kappa shape index (κ3) is 2.16. The molecule has 6 nitrogen and oxygen atoms in total. The van der Waals surface area contributed by atoms with Crippen molar-refractivity contribution in [3.8, 4) is 0 Å². The highest BCUT2D eigenvalue weighted by Crippen LogP contribution is 2.24. The Kier molecular flexibility index (Phi) is 2.61. The normalized spacial score (nSPS) is 9.50. The van der Waals surface area contributed by atoms with Crippen LogP contribution in [0.1, 0.15) is 0 Å². The van der Waals surface area contributed by atoms with Gasteiger partial charge in [0, 0.05) is 0 Å². The monoisotopic (exact) mass is 200 g/mol. The first-order valence-electron chi connectivity index (χ1n) is 3.44. The molecule has 7 heteroatoms. The molecule has 2 N–H and O–H groups in total. The highest BCUT2D eigenvalue weighted by atomic mass is 19.1. The zero-order valence-electron chi connectivity index (χ0n) is 6.73. The summed E-state index contributed by atoms with van der Waals surface area (Å²) in [5, 5.41) is 20.5. The van der Waals surface area contributed by atoms with Gasteiger partial charge in [-0.1, -0.05) is 0 Å². The van der Waals surface area contributed by atoms with Crippen molar-refractivity contribution in [3.63, 3.8) is 0 Å². The lowest BCUT2D eigenvalue weighted by molar-refractivity contribution is -0.384. The van der Waals surface area contributed by atoms with Crippen LogP contribution in [-0.2, 0) is 0 Å². The van der Waals surface area contributed by atoms with E-state index < -0.39 is 22.5 Å². The first-order valence-corrected chi connectivity index (χ1v) is 3.44. The number of anilines is 1. The summed E-state index contributed by atoms with van der Waals surface area (Å²) in [5.74, 6) is -0.798. The molecule has 0 unspecified atom stereocenters. The number of benzene rings is 1. The molecule has 0 aliphatic rings. The molecule has 1 aromatic rings. The standard InChI is InChI=1S/C7H5FN2O4/c8-4-1-2-5(9-7(11)12)6(3-4)10(13)14/h1-3,9H,(H,11,12). The third-order valence-corrected chi connectivity index (χ3v) is 1.40. The van der Waals surface area contributed by atoms with Gasteiger partial charge in [-0.3, -0.25) is 15.4 Å². The Bertz CT molecular complexity index is 393. The van der Waals surface area contributed by atoms with Gasteiger partial charge in [-0.2, -0.15) is 0 Å². The van der Waals surface area contributed by atoms with Crippen molar-refractivity contribution < 1.29 is 19.2 Å². The van der Waals surface area contributed by atoms with Crippen molar-refractivity contribution in [2.45, 2.75) is 0 Å². The van der Waals surface area contributed by atoms with Gasteiger partial charge in [0.05, 0.1) is 11.0 Å². The maximum Gasteiger partial charge on any atom is 0.409 e. The van der Waals surface area contributed by atoms with Crippen LogP contribution in [0, 0.1) is 15.9 Å². The summed E-state index contributed by atoms with van der Waals surface area (Å²) >= 11 is 0. The van der Waals surface area contributed by atoms with Crippen molar-refractivity contribution in [2.75, 3.05) is 5.32 Å². The Balaban J connectivity index is 3.14. The molecule has 0 saturated carbocycles. The SMILES string of the molecule is O=C(O)Nc1ccc(F)cc1[N+](=O)[O-]. The van der Waals surface area contributed by atoms with Gasteiger partial charge < -0.3 is 5.11 Å². The molecule has 1 amide bonds. The minimum atomic E-state index is -1.44. The van der Waals surface area contributed by atoms with Crippen LogP contribution in [-0.4, -0.2) is 16.1 Å². The van der Waals surface area contributed by atoms with Crippen molar-refractivity contribution in [2.24, 2.45) is 0 Å². The second kappa shape index (κ2) is 3.69. The number of rotatable bonds is 2. The fourth-order valence-electron chi connectivity index (χ4n) is 0.877. The Morgan fingerprint density at radius 1 is 1.57 bits per heavy atom. The van der Waals surface area contributed by atoms with Crippen LogP contribution in [0.4, 0.5) is 20.6 Å². The van der Waals surface area contributed by atoms with Crippen molar-refractivity contribution >= 4 is 17.5 Å². The minimum Gasteiger partial charge on any atom is -0.465 e. The van der Waals surface area contributed by atoms with Crippen LogP contribution in [0.3, 0.4) is 0 Å². The number of nitro groups is 1. The van der Waals surface area contributed by atoms with E-state index in [0.717, 1.165) is 12.1 Å². The van der Waals surface area contributed by atoms with Crippen LogP contribution in [0.25, 0.3) is 0 Å². The molecule has 0 saturated heterocycles. The number of carboxylic acid groups (broad SMARTS) is 1. The number of carbonyl (C=O) groups is 1. The molecule has 74 valence electrons. The number of nitro benzene ring substituents is 1. The average molecular weight is 200 g/mol. The summed E-state index contributed by atoms with van der Waals surface area (Å²) in [6, 6.07) is 2.56. The predicted octanol–water partition coefficient (Wildman–Crippen LogP) is 1.82. The Labute approximate surface area is 77.1 Å². The molecule has 1 rings (SSSR count). The zero-order valence-corrected chi connectivity index (χ0v) is 6.73. The molecule has 0 spiro atoms. The van der Waals surface area contributed by atoms with Crippen LogP contribution in [0.5, 0.6) is 0 Å². The first kappa shape index (κ1) is 9.90. The van der Waals surface area contributed by atoms with Crippen molar-refractivity contribution in [3.05, 3.63) is 34.1 Å². The van der Waals surface area contributed by atoms with Gasteiger partial charge >= 0.3 is 6.09 Å². The first-order chi connectivity index (χ1) is 6.50. The molecule has 14 heavy (non-hydrogen) atoms. The summed E-state index contributed by atoms with van der Waals surface area (Å²) in [6.07, 6.45) is -1.44. The van der Waals surface area contributed by atoms with Gasteiger partial charge in [-0.15, -0.1) is 0 Å². The zero-order chi connectivity index (χ0) is 10.7. The second-order valence-corrected chi connectivity index (χ2v) is 2.35. The molecule has 0 bridgehead atoms. The molecular weight excluding hydrogens is 195 g/mol. The molecule has 0 aliphatic carbocycles. The van der Waals surface area contributed by atoms with Gasteiger partial charge in [-0.05, 0) is 12.1 Å². The van der Waals surface area contributed by atoms with Gasteiger partial charge in [0.15, 0.2) is 0 Å². The van der Waals surface area contributed by atoms with Gasteiger partial charge in [-0.25, -0.2) is 9.18 Å². The van der Waals surface area contributed by atoms with E-state index >= 15 is 0 Å². The number of amides is 1. The lowest BCUT2D eigenvalue weighted by Gasteiger charge is -2.01. The Morgan fingerprint density at radius 3 is 2.71 bits per heavy atom. The van der Waals surface area contributed by atoms with Gasteiger partial charge in [0.1, 0.15) is 11.5 Å². The molecule has 1 aromatic carbocycles. The summed E-state index contributed by atoms with van der Waals surface area (Å²) in [4.78, 5) is 19.7. The lowest BCUT2D eigenvalue weighted by Crippen LogP contribution is -2.09. The smallest absolute Gasteiger partial charge is 0.409 e.